The molecule has 11 heteroatoms. The van der Waals surface area contributed by atoms with Crippen molar-refractivity contribution in [3.8, 4) is 5.75 Å². The number of rotatable bonds is 7. The van der Waals surface area contributed by atoms with E-state index >= 15 is 0 Å². The van der Waals surface area contributed by atoms with Gasteiger partial charge in [0.25, 0.3) is 0 Å². The van der Waals surface area contributed by atoms with E-state index in [4.69, 9.17) is 14.2 Å². The summed E-state index contributed by atoms with van der Waals surface area (Å²) >= 11 is 0. The molecule has 4 rings (SSSR count). The zero-order valence-electron chi connectivity index (χ0n) is 20.9. The molecular weight excluding hydrogens is 508 g/mol. The summed E-state index contributed by atoms with van der Waals surface area (Å²) < 4.78 is 71.7. The molecule has 0 saturated carbocycles. The van der Waals surface area contributed by atoms with Crippen LogP contribution in [0.25, 0.3) is 5.57 Å². The van der Waals surface area contributed by atoms with Crippen LogP contribution in [0.5, 0.6) is 5.75 Å². The fraction of sp³-hybridized carbons (Fsp3) is 0.333. The Hall–Kier alpha value is -3.86. The van der Waals surface area contributed by atoms with Gasteiger partial charge in [0.1, 0.15) is 11.6 Å². The third-order valence-electron chi connectivity index (χ3n) is 5.70. The molecule has 1 fully saturated rings. The third kappa shape index (κ3) is 6.34. The molecular formula is C27H26F4N2O5. The lowest BCUT2D eigenvalue weighted by molar-refractivity contribution is -0.160. The molecule has 2 aromatic rings. The summed E-state index contributed by atoms with van der Waals surface area (Å²) in [6.07, 6.45) is -1.66. The second kappa shape index (κ2) is 10.5. The van der Waals surface area contributed by atoms with Gasteiger partial charge in [-0.25, -0.2) is 9.18 Å². The molecule has 38 heavy (non-hydrogen) atoms. The van der Waals surface area contributed by atoms with E-state index in [0.717, 1.165) is 12.1 Å². The first-order chi connectivity index (χ1) is 17.8. The molecule has 0 bridgehead atoms. The fourth-order valence-corrected chi connectivity index (χ4v) is 3.85. The first kappa shape index (κ1) is 27.2. The number of anilines is 2. The normalized spacial score (nSPS) is 16.8. The van der Waals surface area contributed by atoms with E-state index in [1.165, 1.54) is 24.3 Å². The van der Waals surface area contributed by atoms with Gasteiger partial charge in [-0.2, -0.15) is 13.2 Å². The molecule has 1 aliphatic heterocycles. The quantitative estimate of drug-likeness (QED) is 0.406. The highest BCUT2D eigenvalue weighted by Gasteiger charge is 2.40. The first-order valence-electron chi connectivity index (χ1n) is 11.8. The van der Waals surface area contributed by atoms with Gasteiger partial charge < -0.3 is 24.8 Å². The van der Waals surface area contributed by atoms with E-state index in [1.54, 1.807) is 32.9 Å². The van der Waals surface area contributed by atoms with E-state index in [-0.39, 0.29) is 54.4 Å². The molecule has 1 heterocycles. The van der Waals surface area contributed by atoms with Crippen LogP contribution in [0.15, 0.2) is 54.3 Å². The molecule has 0 atom stereocenters. The molecule has 0 aromatic heterocycles. The Balaban J connectivity index is 1.46. The average Bonchev–Trinajstić information content (AvgIpc) is 2.81. The molecule has 0 radical (unpaired) electrons. The van der Waals surface area contributed by atoms with Gasteiger partial charge in [-0.1, -0.05) is 12.1 Å². The number of allylic oxidation sites excluding steroid dienone is 4. The Morgan fingerprint density at radius 2 is 1.84 bits per heavy atom. The average molecular weight is 535 g/mol. The minimum absolute atomic E-state index is 0.106. The molecule has 2 aliphatic rings. The van der Waals surface area contributed by atoms with E-state index in [9.17, 15) is 27.2 Å². The second-order valence-corrected chi connectivity index (χ2v) is 9.49. The highest BCUT2D eigenvalue weighted by molar-refractivity contribution is 6.02. The van der Waals surface area contributed by atoms with Crippen LogP contribution in [-0.4, -0.2) is 36.7 Å². The van der Waals surface area contributed by atoms with Crippen molar-refractivity contribution in [3.63, 3.8) is 0 Å². The predicted octanol–water partition coefficient (Wildman–Crippen LogP) is 6.32. The Labute approximate surface area is 216 Å². The lowest BCUT2D eigenvalue weighted by Crippen LogP contribution is -2.51. The van der Waals surface area contributed by atoms with E-state index < -0.39 is 29.2 Å². The molecule has 2 aromatic carbocycles. The van der Waals surface area contributed by atoms with Gasteiger partial charge in [-0.05, 0) is 68.3 Å². The van der Waals surface area contributed by atoms with Gasteiger partial charge in [0.2, 0.25) is 5.78 Å². The largest absolute Gasteiger partial charge is 0.487 e. The van der Waals surface area contributed by atoms with Gasteiger partial charge in [0.05, 0.1) is 30.6 Å². The number of hydrogen-bond donors (Lipinski definition) is 2. The number of hydrogen-bond acceptors (Lipinski definition) is 5. The molecule has 0 unspecified atom stereocenters. The van der Waals surface area contributed by atoms with Crippen molar-refractivity contribution in [2.45, 2.75) is 45.1 Å². The third-order valence-corrected chi connectivity index (χ3v) is 5.70. The Bertz CT molecular complexity index is 1310. The van der Waals surface area contributed by atoms with Crippen molar-refractivity contribution in [1.82, 2.24) is 0 Å². The summed E-state index contributed by atoms with van der Waals surface area (Å²) in [7, 11) is 0. The van der Waals surface area contributed by atoms with Crippen molar-refractivity contribution in [1.29, 1.82) is 0 Å². The number of urea groups is 1. The van der Waals surface area contributed by atoms with Crippen LogP contribution in [0.1, 0.15) is 38.3 Å². The van der Waals surface area contributed by atoms with Crippen molar-refractivity contribution >= 4 is 28.8 Å². The number of ketones is 1. The summed E-state index contributed by atoms with van der Waals surface area (Å²) in [6.45, 7) is 5.53. The number of carbonyl (C=O) groups is 2. The summed E-state index contributed by atoms with van der Waals surface area (Å²) in [4.78, 5) is 24.5. The van der Waals surface area contributed by atoms with Crippen LogP contribution in [0, 0.1) is 5.82 Å². The van der Waals surface area contributed by atoms with Crippen molar-refractivity contribution in [2.75, 3.05) is 23.8 Å². The van der Waals surface area contributed by atoms with Crippen LogP contribution in [0.2, 0.25) is 0 Å². The number of nitrogens with one attached hydrogen (secondary N) is 2. The van der Waals surface area contributed by atoms with Gasteiger partial charge in [0.15, 0.2) is 11.4 Å². The number of alkyl halides is 3. The van der Waals surface area contributed by atoms with Crippen molar-refractivity contribution in [3.05, 3.63) is 71.3 Å². The molecule has 1 aliphatic carbocycles. The van der Waals surface area contributed by atoms with Crippen LogP contribution < -0.4 is 15.4 Å². The van der Waals surface area contributed by atoms with Crippen LogP contribution in [0.3, 0.4) is 0 Å². The Kier molecular flexibility index (Phi) is 7.50. The lowest BCUT2D eigenvalue weighted by atomic mass is 9.97. The maximum atomic E-state index is 14.8. The maximum absolute atomic E-state index is 14.8. The van der Waals surface area contributed by atoms with Gasteiger partial charge in [-0.15, -0.1) is 0 Å². The highest BCUT2D eigenvalue weighted by atomic mass is 19.4. The molecule has 2 N–H and O–H groups in total. The summed E-state index contributed by atoms with van der Waals surface area (Å²) in [5.41, 5.74) is -1.23. The molecule has 1 saturated heterocycles. The standard InChI is InChI=1S/C27H26F4N2O5/c1-15(2)37-24-11-17(5-8-22(24)34)16-4-7-21(20(28)10-16)33-25(35)32-18-6-9-23(19(12-18)27(29,30)31)38-26(3)13-36-14-26/h4-7,9-12,15H,8,13-14H2,1-3H3,(H2,32,33,35). The van der Waals surface area contributed by atoms with Gasteiger partial charge in [-0.3, -0.25) is 4.79 Å². The van der Waals surface area contributed by atoms with Crippen molar-refractivity contribution < 1.29 is 41.4 Å². The first-order valence-corrected chi connectivity index (χ1v) is 11.8. The van der Waals surface area contributed by atoms with E-state index in [1.807, 2.05) is 0 Å². The number of amides is 2. The lowest BCUT2D eigenvalue weighted by Gasteiger charge is -2.38. The molecule has 0 spiro atoms. The minimum atomic E-state index is -4.74. The smallest absolute Gasteiger partial charge is 0.420 e. The topological polar surface area (TPSA) is 85.9 Å². The Morgan fingerprint density at radius 3 is 2.45 bits per heavy atom. The number of benzene rings is 2. The van der Waals surface area contributed by atoms with Crippen molar-refractivity contribution in [2.24, 2.45) is 0 Å². The zero-order chi connectivity index (χ0) is 27.7. The highest BCUT2D eigenvalue weighted by Crippen LogP contribution is 2.40. The Morgan fingerprint density at radius 1 is 1.11 bits per heavy atom. The molecule has 7 nitrogen and oxygen atoms in total. The monoisotopic (exact) mass is 534 g/mol. The van der Waals surface area contributed by atoms with E-state index in [2.05, 4.69) is 10.6 Å². The number of Topliss-reactive ketones (excluding diaryl/α,β-unsaturated/α-hetero) is 1. The minimum Gasteiger partial charge on any atom is -0.487 e. The number of halogens is 4. The molecule has 2 amide bonds. The van der Waals surface area contributed by atoms with E-state index in [0.29, 0.717) is 11.1 Å². The molecule has 202 valence electrons. The number of ether oxygens (including phenoxy) is 3. The maximum Gasteiger partial charge on any atom is 0.420 e. The second-order valence-electron chi connectivity index (χ2n) is 9.49. The zero-order valence-corrected chi connectivity index (χ0v) is 20.9. The number of carbonyl (C=O) groups excluding carboxylic acids is 2. The summed E-state index contributed by atoms with van der Waals surface area (Å²) in [5.74, 6) is -1.15. The predicted molar refractivity (Wildman–Crippen MR) is 132 cm³/mol. The summed E-state index contributed by atoms with van der Waals surface area (Å²) in [5, 5.41) is 4.58. The SMILES string of the molecule is CC(C)OC1=CC(c2ccc(NC(=O)Nc3ccc(OC4(C)COC4)c(C(F)(F)F)c3)c(F)c2)=CCC1=O. The van der Waals surface area contributed by atoms with Gasteiger partial charge in [0, 0.05) is 12.1 Å². The summed E-state index contributed by atoms with van der Waals surface area (Å²) in [6, 6.07) is 6.22. The van der Waals surface area contributed by atoms with Crippen LogP contribution in [0.4, 0.5) is 33.7 Å². The fourth-order valence-electron chi connectivity index (χ4n) is 3.85. The van der Waals surface area contributed by atoms with Crippen LogP contribution >= 0.6 is 0 Å². The van der Waals surface area contributed by atoms with Crippen LogP contribution in [-0.2, 0) is 20.4 Å². The van der Waals surface area contributed by atoms with Gasteiger partial charge >= 0.3 is 12.2 Å².